The van der Waals surface area contributed by atoms with E-state index in [4.69, 9.17) is 10.1 Å². The van der Waals surface area contributed by atoms with Crippen molar-refractivity contribution in [2.45, 2.75) is 19.9 Å². The molecule has 1 aliphatic heterocycles. The molecule has 0 atom stereocenters. The lowest BCUT2D eigenvalue weighted by atomic mass is 10.0. The van der Waals surface area contributed by atoms with E-state index in [9.17, 15) is 4.79 Å². The van der Waals surface area contributed by atoms with Crippen LogP contribution < -0.4 is 15.4 Å². The van der Waals surface area contributed by atoms with Crippen LogP contribution in [0.4, 0.5) is 5.69 Å². The van der Waals surface area contributed by atoms with Gasteiger partial charge in [-0.15, -0.1) is 0 Å². The molecule has 170 valence electrons. The number of aromatic nitrogens is 1. The molecule has 0 radical (unpaired) electrons. The second-order valence-electron chi connectivity index (χ2n) is 8.48. The molecule has 2 aromatic carbocycles. The van der Waals surface area contributed by atoms with Gasteiger partial charge in [0.1, 0.15) is 11.5 Å². The Labute approximate surface area is 194 Å². The van der Waals surface area contributed by atoms with Gasteiger partial charge in [0, 0.05) is 66.6 Å². The van der Waals surface area contributed by atoms with Crippen molar-refractivity contribution in [1.82, 2.24) is 15.2 Å². The van der Waals surface area contributed by atoms with Gasteiger partial charge in [0.2, 0.25) is 0 Å². The minimum atomic E-state index is -0.0360. The summed E-state index contributed by atoms with van der Waals surface area (Å²) in [6.45, 7) is 5.48. The maximum Gasteiger partial charge on any atom is 0.251 e. The van der Waals surface area contributed by atoms with Gasteiger partial charge in [-0.25, -0.2) is 0 Å². The van der Waals surface area contributed by atoms with Crippen LogP contribution in [0.1, 0.15) is 28.4 Å². The molecule has 0 aliphatic carbocycles. The highest BCUT2D eigenvalue weighted by Crippen LogP contribution is 2.29. The molecule has 1 saturated heterocycles. The van der Waals surface area contributed by atoms with Crippen molar-refractivity contribution in [1.29, 1.82) is 5.41 Å². The van der Waals surface area contributed by atoms with Crippen LogP contribution in [0.25, 0.3) is 11.3 Å². The fraction of sp³-hybridized carbons (Fsp3) is 0.269. The summed E-state index contributed by atoms with van der Waals surface area (Å²) in [5, 5.41) is 14.1. The Morgan fingerprint density at radius 1 is 1.09 bits per heavy atom. The number of ether oxygens (including phenoxy) is 1. The zero-order chi connectivity index (χ0) is 23.5. The zero-order valence-electron chi connectivity index (χ0n) is 19.4. The largest absolute Gasteiger partial charge is 0.457 e. The van der Waals surface area contributed by atoms with Gasteiger partial charge in [-0.3, -0.25) is 9.78 Å². The predicted octanol–water partition coefficient (Wildman–Crippen LogP) is 4.32. The lowest BCUT2D eigenvalue weighted by molar-refractivity contribution is 0.0857. The molecule has 0 saturated carbocycles. The molecule has 0 bridgehead atoms. The number of hydrogen-bond acceptors (Lipinski definition) is 6. The molecule has 1 fully saturated rings. The Balaban J connectivity index is 1.51. The minimum absolute atomic E-state index is 0.0360. The average Bonchev–Trinajstić information content (AvgIpc) is 2.77. The van der Waals surface area contributed by atoms with Crippen molar-refractivity contribution in [2.75, 3.05) is 32.5 Å². The second kappa shape index (κ2) is 9.42. The number of amides is 1. The van der Waals surface area contributed by atoms with Crippen LogP contribution in [0.15, 0.2) is 54.7 Å². The second-order valence-corrected chi connectivity index (χ2v) is 8.48. The Kier molecular flexibility index (Phi) is 6.42. The van der Waals surface area contributed by atoms with Crippen LogP contribution in [0, 0.1) is 12.3 Å². The molecule has 7 nitrogen and oxygen atoms in total. The molecule has 4 rings (SSSR count). The third-order valence-electron chi connectivity index (χ3n) is 5.80. The molecule has 0 unspecified atom stereocenters. The number of likely N-dealkylation sites (tertiary alicyclic amines) is 1. The van der Waals surface area contributed by atoms with Gasteiger partial charge >= 0.3 is 0 Å². The van der Waals surface area contributed by atoms with E-state index in [-0.39, 0.29) is 11.9 Å². The third-order valence-corrected chi connectivity index (χ3v) is 5.80. The van der Waals surface area contributed by atoms with Crippen LogP contribution in [0.5, 0.6) is 11.5 Å². The molecule has 2 heterocycles. The molecule has 1 aromatic heterocycles. The molecule has 3 N–H and O–H groups in total. The van der Waals surface area contributed by atoms with Gasteiger partial charge in [-0.05, 0) is 56.8 Å². The van der Waals surface area contributed by atoms with E-state index in [0.717, 1.165) is 41.2 Å². The number of likely N-dealkylation sites (N-methyl/N-ethyl adjacent to an activating group) is 1. The van der Waals surface area contributed by atoms with Gasteiger partial charge in [0.25, 0.3) is 5.91 Å². The van der Waals surface area contributed by atoms with Crippen molar-refractivity contribution in [3.63, 3.8) is 0 Å². The number of anilines is 1. The summed E-state index contributed by atoms with van der Waals surface area (Å²) < 4.78 is 6.06. The molecular formula is C26H29N5O2. The summed E-state index contributed by atoms with van der Waals surface area (Å²) >= 11 is 0. The predicted molar refractivity (Wildman–Crippen MR) is 132 cm³/mol. The number of nitrogens with one attached hydrogen (secondary N) is 3. The smallest absolute Gasteiger partial charge is 0.251 e. The average molecular weight is 444 g/mol. The van der Waals surface area contributed by atoms with E-state index in [1.165, 1.54) is 0 Å². The quantitative estimate of drug-likeness (QED) is 0.473. The first-order valence-corrected chi connectivity index (χ1v) is 11.0. The van der Waals surface area contributed by atoms with Gasteiger partial charge < -0.3 is 25.7 Å². The Morgan fingerprint density at radius 2 is 1.82 bits per heavy atom. The van der Waals surface area contributed by atoms with Crippen LogP contribution in [0.3, 0.4) is 0 Å². The maximum atomic E-state index is 12.6. The van der Waals surface area contributed by atoms with Crippen LogP contribution in [-0.4, -0.2) is 54.7 Å². The number of carbonyl (C=O) groups is 1. The molecule has 1 amide bonds. The lowest BCUT2D eigenvalue weighted by Gasteiger charge is -2.36. The first-order valence-electron chi connectivity index (χ1n) is 11.0. The molecular weight excluding hydrogens is 414 g/mol. The fourth-order valence-corrected chi connectivity index (χ4v) is 4.02. The summed E-state index contributed by atoms with van der Waals surface area (Å²) in [5.74, 6) is 1.30. The van der Waals surface area contributed by atoms with Crippen LogP contribution in [-0.2, 0) is 0 Å². The van der Waals surface area contributed by atoms with Gasteiger partial charge in [0.05, 0.1) is 11.7 Å². The number of pyridine rings is 1. The number of nitrogens with zero attached hydrogens (tertiary/aromatic N) is 2. The third kappa shape index (κ3) is 5.04. The van der Waals surface area contributed by atoms with Crippen molar-refractivity contribution >= 4 is 17.3 Å². The fourth-order valence-electron chi connectivity index (χ4n) is 4.02. The van der Waals surface area contributed by atoms with E-state index in [0.29, 0.717) is 22.8 Å². The van der Waals surface area contributed by atoms with E-state index in [2.05, 4.69) is 20.5 Å². The summed E-state index contributed by atoms with van der Waals surface area (Å²) in [7, 11) is 3.87. The molecule has 3 aromatic rings. The summed E-state index contributed by atoms with van der Waals surface area (Å²) in [6.07, 6.45) is 1.71. The van der Waals surface area contributed by atoms with E-state index >= 15 is 0 Å². The van der Waals surface area contributed by atoms with E-state index in [1.54, 1.807) is 13.1 Å². The number of rotatable bonds is 7. The van der Waals surface area contributed by atoms with Crippen molar-refractivity contribution in [3.8, 4) is 22.8 Å². The number of carbonyl (C=O) groups excluding carboxylic acids is 1. The Hall–Kier alpha value is -3.71. The molecule has 7 heteroatoms. The first-order chi connectivity index (χ1) is 15.8. The lowest BCUT2D eigenvalue weighted by Crippen LogP contribution is -2.57. The van der Waals surface area contributed by atoms with Gasteiger partial charge in [-0.1, -0.05) is 6.07 Å². The topological polar surface area (TPSA) is 90.3 Å². The molecule has 1 aliphatic rings. The minimum Gasteiger partial charge on any atom is -0.457 e. The summed E-state index contributed by atoms with van der Waals surface area (Å²) in [5.41, 5.74) is 5.44. The standard InChI is InChI=1S/C26H29N5O2/c1-16-11-18(5-7-22(16)26(32)30-19-14-31(4)15-19)24-12-21(9-10-29-24)33-20-6-8-23(17(2)27)25(13-20)28-3/h5-13,19,27-28H,14-15H2,1-4H3,(H,30,32). The monoisotopic (exact) mass is 443 g/mol. The van der Waals surface area contributed by atoms with Gasteiger partial charge in [-0.2, -0.15) is 0 Å². The zero-order valence-corrected chi connectivity index (χ0v) is 19.4. The van der Waals surface area contributed by atoms with E-state index in [1.807, 2.05) is 69.6 Å². The Bertz CT molecular complexity index is 1200. The number of benzene rings is 2. The van der Waals surface area contributed by atoms with Crippen molar-refractivity contribution in [2.24, 2.45) is 0 Å². The summed E-state index contributed by atoms with van der Waals surface area (Å²) in [4.78, 5) is 19.3. The molecule has 33 heavy (non-hydrogen) atoms. The summed E-state index contributed by atoms with van der Waals surface area (Å²) in [6, 6.07) is 15.3. The SMILES string of the molecule is CNc1cc(Oc2ccnc(-c3ccc(C(=O)NC4CN(C)C4)c(C)c3)c2)ccc1C(C)=N. The molecule has 0 spiro atoms. The maximum absolute atomic E-state index is 12.6. The van der Waals surface area contributed by atoms with Crippen LogP contribution in [0.2, 0.25) is 0 Å². The normalized spacial score (nSPS) is 13.8. The number of hydrogen-bond donors (Lipinski definition) is 3. The van der Waals surface area contributed by atoms with Crippen molar-refractivity contribution < 1.29 is 9.53 Å². The van der Waals surface area contributed by atoms with Crippen molar-refractivity contribution in [3.05, 3.63) is 71.4 Å². The van der Waals surface area contributed by atoms with Crippen LogP contribution >= 0.6 is 0 Å². The highest BCUT2D eigenvalue weighted by atomic mass is 16.5. The number of aryl methyl sites for hydroxylation is 1. The highest BCUT2D eigenvalue weighted by Gasteiger charge is 2.25. The first kappa shape index (κ1) is 22.5. The Morgan fingerprint density at radius 3 is 2.48 bits per heavy atom. The van der Waals surface area contributed by atoms with E-state index < -0.39 is 0 Å². The highest BCUT2D eigenvalue weighted by molar-refractivity contribution is 6.01. The van der Waals surface area contributed by atoms with Gasteiger partial charge in [0.15, 0.2) is 0 Å².